The number of carbonyl (C=O) groups excluding carboxylic acids is 1. The monoisotopic (exact) mass is 352 g/mol. The van der Waals surface area contributed by atoms with Gasteiger partial charge in [-0.15, -0.1) is 0 Å². The Balaban J connectivity index is 1.57. The zero-order valence-corrected chi connectivity index (χ0v) is 15.2. The fraction of sp³-hybridized carbons (Fsp3) is 0.450. The van der Waals surface area contributed by atoms with Gasteiger partial charge in [0, 0.05) is 22.3 Å². The zero-order chi connectivity index (χ0) is 18.3. The molecular weight excluding hydrogens is 328 g/mol. The Kier molecular flexibility index (Phi) is 4.26. The van der Waals surface area contributed by atoms with E-state index < -0.39 is 0 Å². The van der Waals surface area contributed by atoms with Crippen LogP contribution in [0.15, 0.2) is 35.3 Å². The van der Waals surface area contributed by atoms with Crippen LogP contribution in [0.3, 0.4) is 0 Å². The third kappa shape index (κ3) is 2.89. The lowest BCUT2D eigenvalue weighted by molar-refractivity contribution is -0.123. The highest BCUT2D eigenvalue weighted by molar-refractivity contribution is 6.06. The molecule has 3 aromatic rings. The van der Waals surface area contributed by atoms with Crippen LogP contribution in [0.4, 0.5) is 0 Å². The van der Waals surface area contributed by atoms with Crippen LogP contribution in [-0.2, 0) is 11.3 Å². The molecule has 136 valence electrons. The minimum absolute atomic E-state index is 0.0538. The van der Waals surface area contributed by atoms with Crippen molar-refractivity contribution >= 4 is 27.7 Å². The molecule has 3 atom stereocenters. The van der Waals surface area contributed by atoms with E-state index in [2.05, 4.69) is 29.2 Å². The summed E-state index contributed by atoms with van der Waals surface area (Å²) in [6, 6.07) is 7.92. The molecule has 0 unspecified atom stereocenters. The van der Waals surface area contributed by atoms with E-state index in [0.717, 1.165) is 29.1 Å². The van der Waals surface area contributed by atoms with E-state index in [4.69, 9.17) is 0 Å². The van der Waals surface area contributed by atoms with Crippen LogP contribution < -0.4 is 10.9 Å². The highest BCUT2D eigenvalue weighted by Gasteiger charge is 2.28. The van der Waals surface area contributed by atoms with Gasteiger partial charge in [-0.2, -0.15) is 5.10 Å². The van der Waals surface area contributed by atoms with Gasteiger partial charge in [-0.3, -0.25) is 9.59 Å². The first-order valence-electron chi connectivity index (χ1n) is 9.30. The van der Waals surface area contributed by atoms with Crippen LogP contribution in [0, 0.1) is 11.8 Å². The predicted molar refractivity (Wildman–Crippen MR) is 102 cm³/mol. The van der Waals surface area contributed by atoms with E-state index in [0.29, 0.717) is 17.4 Å². The van der Waals surface area contributed by atoms with Crippen LogP contribution in [0.1, 0.15) is 33.1 Å². The Hall–Kier alpha value is -2.63. The molecule has 2 aromatic heterocycles. The Morgan fingerprint density at radius 1 is 1.27 bits per heavy atom. The highest BCUT2D eigenvalue weighted by Crippen LogP contribution is 2.29. The number of nitrogens with one attached hydrogen (secondary N) is 2. The quantitative estimate of drug-likeness (QED) is 0.761. The normalized spacial score (nSPS) is 23.4. The van der Waals surface area contributed by atoms with E-state index in [1.807, 2.05) is 24.3 Å². The lowest BCUT2D eigenvalue weighted by Crippen LogP contribution is -2.45. The summed E-state index contributed by atoms with van der Waals surface area (Å²) in [6.45, 7) is 4.37. The average molecular weight is 352 g/mol. The Morgan fingerprint density at radius 2 is 2.08 bits per heavy atom. The molecule has 1 aliphatic rings. The molecule has 0 saturated heterocycles. The van der Waals surface area contributed by atoms with Gasteiger partial charge in [0.15, 0.2) is 0 Å². The largest absolute Gasteiger partial charge is 0.351 e. The molecule has 0 radical (unpaired) electrons. The lowest BCUT2D eigenvalue weighted by atomic mass is 9.78. The van der Waals surface area contributed by atoms with Crippen molar-refractivity contribution in [3.05, 3.63) is 40.8 Å². The molecule has 1 fully saturated rings. The number of H-pyrrole nitrogens is 1. The van der Waals surface area contributed by atoms with E-state index >= 15 is 0 Å². The molecule has 2 N–H and O–H groups in total. The van der Waals surface area contributed by atoms with E-state index in [-0.39, 0.29) is 24.1 Å². The number of aromatic nitrogens is 3. The number of amides is 1. The van der Waals surface area contributed by atoms with Crippen LogP contribution >= 0.6 is 0 Å². The molecule has 1 amide bonds. The van der Waals surface area contributed by atoms with Crippen molar-refractivity contribution in [3.8, 4) is 0 Å². The zero-order valence-electron chi connectivity index (χ0n) is 15.2. The number of fused-ring (bicyclic) bond motifs is 3. The van der Waals surface area contributed by atoms with Crippen LogP contribution in [0.25, 0.3) is 21.8 Å². The Bertz CT molecular complexity index is 1020. The summed E-state index contributed by atoms with van der Waals surface area (Å²) >= 11 is 0. The summed E-state index contributed by atoms with van der Waals surface area (Å²) < 4.78 is 1.24. The molecular formula is C20H24N4O2. The van der Waals surface area contributed by atoms with Crippen LogP contribution in [0.2, 0.25) is 0 Å². The van der Waals surface area contributed by atoms with Crippen molar-refractivity contribution in [1.29, 1.82) is 0 Å². The maximum absolute atomic E-state index is 12.7. The van der Waals surface area contributed by atoms with Crippen LogP contribution in [-0.4, -0.2) is 26.7 Å². The standard InChI is InChI=1S/C20H24N4O2/c1-12-6-5-9-16(13(12)2)22-18(25)11-24-20(26)19-15(10-21-24)14-7-3-4-8-17(14)23-19/h3-4,7-8,10,12-13,16,23H,5-6,9,11H2,1-2H3,(H,22,25)/t12-,13-,16-/m1/s1. The minimum Gasteiger partial charge on any atom is -0.351 e. The number of carbonyl (C=O) groups is 1. The second-order valence-corrected chi connectivity index (χ2v) is 7.51. The summed E-state index contributed by atoms with van der Waals surface area (Å²) in [5.74, 6) is 0.909. The van der Waals surface area contributed by atoms with E-state index in [1.54, 1.807) is 6.20 Å². The number of para-hydroxylation sites is 1. The minimum atomic E-state index is -0.265. The SMILES string of the molecule is C[C@@H]1[C@H](C)CCC[C@H]1NC(=O)Cn1ncc2c([nH]c3ccccc32)c1=O. The number of nitrogens with zero attached hydrogens (tertiary/aromatic N) is 2. The molecule has 0 bridgehead atoms. The number of hydrogen-bond acceptors (Lipinski definition) is 3. The molecule has 1 saturated carbocycles. The number of aromatic amines is 1. The third-order valence-corrected chi connectivity index (χ3v) is 5.87. The van der Waals surface area contributed by atoms with Gasteiger partial charge >= 0.3 is 0 Å². The van der Waals surface area contributed by atoms with Crippen molar-refractivity contribution in [2.24, 2.45) is 11.8 Å². The summed E-state index contributed by atoms with van der Waals surface area (Å²) in [6.07, 6.45) is 5.01. The number of benzene rings is 1. The molecule has 6 heteroatoms. The molecule has 4 rings (SSSR count). The molecule has 2 heterocycles. The second-order valence-electron chi connectivity index (χ2n) is 7.51. The summed E-state index contributed by atoms with van der Waals surface area (Å²) in [4.78, 5) is 28.4. The van der Waals surface area contributed by atoms with E-state index in [9.17, 15) is 9.59 Å². The van der Waals surface area contributed by atoms with Crippen molar-refractivity contribution in [2.75, 3.05) is 0 Å². The molecule has 6 nitrogen and oxygen atoms in total. The smallest absolute Gasteiger partial charge is 0.291 e. The van der Waals surface area contributed by atoms with Gasteiger partial charge in [0.05, 0.1) is 6.20 Å². The van der Waals surface area contributed by atoms with Crippen molar-refractivity contribution in [3.63, 3.8) is 0 Å². The molecule has 0 aliphatic heterocycles. The maximum atomic E-state index is 12.7. The van der Waals surface area contributed by atoms with Crippen molar-refractivity contribution < 1.29 is 4.79 Å². The summed E-state index contributed by atoms with van der Waals surface area (Å²) in [5, 5.41) is 9.07. The second kappa shape index (κ2) is 6.59. The molecule has 1 aromatic carbocycles. The number of hydrogen-bond donors (Lipinski definition) is 2. The highest BCUT2D eigenvalue weighted by atomic mass is 16.2. The Morgan fingerprint density at radius 3 is 2.92 bits per heavy atom. The summed E-state index contributed by atoms with van der Waals surface area (Å²) in [5.41, 5.74) is 1.13. The van der Waals surface area contributed by atoms with Crippen LogP contribution in [0.5, 0.6) is 0 Å². The van der Waals surface area contributed by atoms with Gasteiger partial charge in [-0.05, 0) is 24.3 Å². The first kappa shape index (κ1) is 16.8. The van der Waals surface area contributed by atoms with Gasteiger partial charge < -0.3 is 10.3 Å². The summed E-state index contributed by atoms with van der Waals surface area (Å²) in [7, 11) is 0. The molecule has 26 heavy (non-hydrogen) atoms. The van der Waals surface area contributed by atoms with E-state index in [1.165, 1.54) is 11.1 Å². The topological polar surface area (TPSA) is 79.8 Å². The number of rotatable bonds is 3. The molecule has 1 aliphatic carbocycles. The third-order valence-electron chi connectivity index (χ3n) is 5.87. The van der Waals surface area contributed by atoms with Gasteiger partial charge in [0.1, 0.15) is 12.1 Å². The fourth-order valence-electron chi connectivity index (χ4n) is 4.06. The lowest BCUT2D eigenvalue weighted by Gasteiger charge is -2.34. The van der Waals surface area contributed by atoms with Gasteiger partial charge in [0.2, 0.25) is 5.91 Å². The first-order valence-corrected chi connectivity index (χ1v) is 9.30. The average Bonchev–Trinajstić information content (AvgIpc) is 3.01. The molecule has 0 spiro atoms. The van der Waals surface area contributed by atoms with Gasteiger partial charge in [-0.1, -0.05) is 44.9 Å². The van der Waals surface area contributed by atoms with Crippen molar-refractivity contribution in [2.45, 2.75) is 45.7 Å². The van der Waals surface area contributed by atoms with Crippen molar-refractivity contribution in [1.82, 2.24) is 20.1 Å². The van der Waals surface area contributed by atoms with Gasteiger partial charge in [-0.25, -0.2) is 4.68 Å². The first-order chi connectivity index (χ1) is 12.5. The fourth-order valence-corrected chi connectivity index (χ4v) is 4.06. The maximum Gasteiger partial charge on any atom is 0.291 e. The van der Waals surface area contributed by atoms with Gasteiger partial charge in [0.25, 0.3) is 5.56 Å². The predicted octanol–water partition coefficient (Wildman–Crippen LogP) is 2.82. The Labute approximate surface area is 151 Å².